The lowest BCUT2D eigenvalue weighted by Gasteiger charge is -2.11. The fourth-order valence-electron chi connectivity index (χ4n) is 3.01. The maximum absolute atomic E-state index is 13.6. The molecule has 166 valence electrons. The van der Waals surface area contributed by atoms with E-state index in [0.717, 1.165) is 5.69 Å². The van der Waals surface area contributed by atoms with Crippen molar-refractivity contribution in [3.63, 3.8) is 0 Å². The maximum Gasteiger partial charge on any atom is 0.323 e. The lowest BCUT2D eigenvalue weighted by molar-refractivity contribution is 0.262. The molecule has 2 aromatic heterocycles. The fourth-order valence-corrected chi connectivity index (χ4v) is 3.01. The summed E-state index contributed by atoms with van der Waals surface area (Å²) in [4.78, 5) is 25.2. The predicted octanol–water partition coefficient (Wildman–Crippen LogP) is 5.76. The molecule has 4 N–H and O–H groups in total. The van der Waals surface area contributed by atoms with Gasteiger partial charge in [0.15, 0.2) is 0 Å². The number of hydrogen-bond acceptors (Lipinski definition) is 6. The number of aryl methyl sites for hydroxylation is 2. The predicted molar refractivity (Wildman–Crippen MR) is 128 cm³/mol. The number of anilines is 6. The average molecular weight is 443 g/mol. The topological polar surface area (TPSA) is 104 Å². The van der Waals surface area contributed by atoms with E-state index in [1.165, 1.54) is 6.07 Å². The van der Waals surface area contributed by atoms with Gasteiger partial charge in [-0.15, -0.1) is 0 Å². The van der Waals surface area contributed by atoms with Gasteiger partial charge in [-0.05, 0) is 67.9 Å². The SMILES string of the molecule is Cc1nc(Nc2ccc(NC(=O)Nc3ccc(C)c(F)c3)cc2)cc(Nc2ccccn2)n1. The summed E-state index contributed by atoms with van der Waals surface area (Å²) in [7, 11) is 0. The number of hydrogen-bond donors (Lipinski definition) is 4. The van der Waals surface area contributed by atoms with Crippen LogP contribution in [0.25, 0.3) is 0 Å². The monoisotopic (exact) mass is 443 g/mol. The molecule has 2 aromatic carbocycles. The van der Waals surface area contributed by atoms with Crippen LogP contribution in [0.3, 0.4) is 0 Å². The minimum atomic E-state index is -0.462. The van der Waals surface area contributed by atoms with E-state index in [1.54, 1.807) is 50.4 Å². The molecule has 0 saturated carbocycles. The van der Waals surface area contributed by atoms with Gasteiger partial charge in [0, 0.05) is 29.3 Å². The third-order valence-electron chi connectivity index (χ3n) is 4.60. The second-order valence-electron chi connectivity index (χ2n) is 7.27. The first kappa shape index (κ1) is 21.7. The third kappa shape index (κ3) is 6.01. The number of pyridine rings is 1. The summed E-state index contributed by atoms with van der Waals surface area (Å²) < 4.78 is 13.6. The van der Waals surface area contributed by atoms with Crippen molar-refractivity contribution in [2.24, 2.45) is 0 Å². The van der Waals surface area contributed by atoms with E-state index in [4.69, 9.17) is 0 Å². The zero-order valence-electron chi connectivity index (χ0n) is 18.1. The van der Waals surface area contributed by atoms with Gasteiger partial charge in [0.1, 0.15) is 29.1 Å². The van der Waals surface area contributed by atoms with Crippen LogP contribution in [0.4, 0.5) is 43.7 Å². The van der Waals surface area contributed by atoms with Gasteiger partial charge in [0.05, 0.1) is 0 Å². The molecule has 0 radical (unpaired) electrons. The first-order chi connectivity index (χ1) is 15.9. The van der Waals surface area contributed by atoms with E-state index < -0.39 is 6.03 Å². The highest BCUT2D eigenvalue weighted by Crippen LogP contribution is 2.21. The largest absolute Gasteiger partial charge is 0.340 e. The van der Waals surface area contributed by atoms with Gasteiger partial charge in [0.2, 0.25) is 0 Å². The summed E-state index contributed by atoms with van der Waals surface area (Å²) in [5, 5.41) is 11.7. The van der Waals surface area contributed by atoms with E-state index in [9.17, 15) is 9.18 Å². The van der Waals surface area contributed by atoms with E-state index >= 15 is 0 Å². The van der Waals surface area contributed by atoms with Crippen LogP contribution in [-0.4, -0.2) is 21.0 Å². The van der Waals surface area contributed by atoms with Gasteiger partial charge in [-0.25, -0.2) is 24.1 Å². The molecule has 0 bridgehead atoms. The molecule has 0 aliphatic rings. The highest BCUT2D eigenvalue weighted by molar-refractivity contribution is 5.99. The number of halogens is 1. The quantitative estimate of drug-likeness (QED) is 0.302. The molecule has 0 saturated heterocycles. The number of nitrogens with one attached hydrogen (secondary N) is 4. The van der Waals surface area contributed by atoms with Crippen molar-refractivity contribution in [2.75, 3.05) is 21.3 Å². The molecule has 0 spiro atoms. The number of benzene rings is 2. The van der Waals surface area contributed by atoms with Crippen molar-refractivity contribution in [3.05, 3.63) is 90.1 Å². The third-order valence-corrected chi connectivity index (χ3v) is 4.60. The van der Waals surface area contributed by atoms with Crippen LogP contribution in [0.1, 0.15) is 11.4 Å². The number of rotatable bonds is 6. The van der Waals surface area contributed by atoms with Gasteiger partial charge >= 0.3 is 6.03 Å². The molecule has 9 heteroatoms. The Morgan fingerprint density at radius 1 is 0.758 bits per heavy atom. The summed E-state index contributed by atoms with van der Waals surface area (Å²) in [6, 6.07) is 18.5. The Bertz CT molecular complexity index is 1260. The maximum atomic E-state index is 13.6. The first-order valence-electron chi connectivity index (χ1n) is 10.2. The molecular weight excluding hydrogens is 421 g/mol. The zero-order chi connectivity index (χ0) is 23.2. The minimum Gasteiger partial charge on any atom is -0.340 e. The van der Waals surface area contributed by atoms with Crippen molar-refractivity contribution < 1.29 is 9.18 Å². The van der Waals surface area contributed by atoms with E-state index in [0.29, 0.717) is 40.2 Å². The number of urea groups is 1. The van der Waals surface area contributed by atoms with E-state index in [1.807, 2.05) is 30.3 Å². The smallest absolute Gasteiger partial charge is 0.323 e. The minimum absolute atomic E-state index is 0.374. The lowest BCUT2D eigenvalue weighted by Crippen LogP contribution is -2.19. The Morgan fingerprint density at radius 3 is 2.12 bits per heavy atom. The Morgan fingerprint density at radius 2 is 1.42 bits per heavy atom. The van der Waals surface area contributed by atoms with E-state index in [2.05, 4.69) is 36.2 Å². The summed E-state index contributed by atoms with van der Waals surface area (Å²) in [6.07, 6.45) is 1.70. The van der Waals surface area contributed by atoms with Gasteiger partial charge in [-0.2, -0.15) is 0 Å². The fraction of sp³-hybridized carbons (Fsp3) is 0.0833. The Labute approximate surface area is 190 Å². The second-order valence-corrected chi connectivity index (χ2v) is 7.27. The van der Waals surface area contributed by atoms with Crippen molar-refractivity contribution in [1.82, 2.24) is 15.0 Å². The Kier molecular flexibility index (Phi) is 6.40. The van der Waals surface area contributed by atoms with Crippen molar-refractivity contribution >= 4 is 40.5 Å². The second kappa shape index (κ2) is 9.73. The molecule has 0 aliphatic heterocycles. The van der Waals surface area contributed by atoms with Gasteiger partial charge < -0.3 is 21.3 Å². The molecular formula is C24H22FN7O. The highest BCUT2D eigenvalue weighted by atomic mass is 19.1. The summed E-state index contributed by atoms with van der Waals surface area (Å²) in [6.45, 7) is 3.47. The standard InChI is InChI=1S/C24H22FN7O/c1-15-6-7-19(13-20(15)25)31-24(33)30-18-10-8-17(9-11-18)29-22-14-23(28-16(2)27-22)32-21-5-3-4-12-26-21/h3-14H,1-2H3,(H2,30,31,33)(H2,26,27,28,29,32). The lowest BCUT2D eigenvalue weighted by atomic mass is 10.2. The molecule has 33 heavy (non-hydrogen) atoms. The van der Waals surface area contributed by atoms with Crippen LogP contribution >= 0.6 is 0 Å². The Hall–Kier alpha value is -4.53. The first-order valence-corrected chi connectivity index (χ1v) is 10.2. The number of carbonyl (C=O) groups is 1. The molecule has 0 aliphatic carbocycles. The molecule has 4 aromatic rings. The Balaban J connectivity index is 1.38. The van der Waals surface area contributed by atoms with Crippen LogP contribution in [0.15, 0.2) is 72.9 Å². The number of amides is 2. The van der Waals surface area contributed by atoms with Crippen LogP contribution < -0.4 is 21.3 Å². The molecule has 0 unspecified atom stereocenters. The normalized spacial score (nSPS) is 10.4. The molecule has 2 heterocycles. The van der Waals surface area contributed by atoms with E-state index in [-0.39, 0.29) is 5.82 Å². The molecule has 0 atom stereocenters. The van der Waals surface area contributed by atoms with Gasteiger partial charge in [-0.1, -0.05) is 12.1 Å². The number of nitrogens with zero attached hydrogens (tertiary/aromatic N) is 3. The molecule has 2 amide bonds. The molecule has 4 rings (SSSR count). The van der Waals surface area contributed by atoms with Crippen molar-refractivity contribution in [3.8, 4) is 0 Å². The van der Waals surface area contributed by atoms with Gasteiger partial charge in [-0.3, -0.25) is 0 Å². The van der Waals surface area contributed by atoms with Crippen molar-refractivity contribution in [2.45, 2.75) is 13.8 Å². The number of carbonyl (C=O) groups excluding carboxylic acids is 1. The summed E-state index contributed by atoms with van der Waals surface area (Å²) in [5.41, 5.74) is 2.26. The summed E-state index contributed by atoms with van der Waals surface area (Å²) in [5.74, 6) is 2.14. The highest BCUT2D eigenvalue weighted by Gasteiger charge is 2.07. The summed E-state index contributed by atoms with van der Waals surface area (Å²) >= 11 is 0. The average Bonchev–Trinajstić information content (AvgIpc) is 2.78. The van der Waals surface area contributed by atoms with Crippen molar-refractivity contribution in [1.29, 1.82) is 0 Å². The number of aromatic nitrogens is 3. The molecule has 0 fully saturated rings. The van der Waals surface area contributed by atoms with Crippen LogP contribution in [0, 0.1) is 19.7 Å². The van der Waals surface area contributed by atoms with Gasteiger partial charge in [0.25, 0.3) is 0 Å². The molecule has 8 nitrogen and oxygen atoms in total. The van der Waals surface area contributed by atoms with Crippen LogP contribution in [0.5, 0.6) is 0 Å². The zero-order valence-corrected chi connectivity index (χ0v) is 18.1. The van der Waals surface area contributed by atoms with Crippen LogP contribution in [0.2, 0.25) is 0 Å². The van der Waals surface area contributed by atoms with Crippen LogP contribution in [-0.2, 0) is 0 Å².